The van der Waals surface area contributed by atoms with Crippen molar-refractivity contribution in [2.24, 2.45) is 0 Å². The van der Waals surface area contributed by atoms with Crippen LogP contribution in [-0.2, 0) is 0 Å². The number of aromatic nitrogens is 4. The van der Waals surface area contributed by atoms with E-state index in [1.807, 2.05) is 19.9 Å². The maximum Gasteiger partial charge on any atom is 0.354 e. The fourth-order valence-corrected chi connectivity index (χ4v) is 2.03. The lowest BCUT2D eigenvalue weighted by Gasteiger charge is -2.04. The summed E-state index contributed by atoms with van der Waals surface area (Å²) in [6, 6.07) is 6.92. The summed E-state index contributed by atoms with van der Waals surface area (Å²) < 4.78 is 1.36. The molecule has 0 unspecified atom stereocenters. The Morgan fingerprint density at radius 2 is 2.05 bits per heavy atom. The maximum atomic E-state index is 11.4. The van der Waals surface area contributed by atoms with E-state index in [-0.39, 0.29) is 5.69 Å². The Bertz CT molecular complexity index is 809. The molecule has 3 rings (SSSR count). The molecular formula is C14H12N4O2. The van der Waals surface area contributed by atoms with Crippen molar-refractivity contribution < 1.29 is 9.90 Å². The van der Waals surface area contributed by atoms with Crippen molar-refractivity contribution in [2.45, 2.75) is 13.8 Å². The van der Waals surface area contributed by atoms with Gasteiger partial charge in [0.05, 0.1) is 17.1 Å². The Morgan fingerprint density at radius 3 is 2.70 bits per heavy atom. The number of nitrogens with zero attached hydrogens (tertiary/aromatic N) is 4. The van der Waals surface area contributed by atoms with E-state index in [0.717, 1.165) is 11.3 Å². The molecule has 0 bridgehead atoms. The van der Waals surface area contributed by atoms with Crippen LogP contribution in [0.1, 0.15) is 21.7 Å². The lowest BCUT2D eigenvalue weighted by molar-refractivity contribution is 0.0687. The molecule has 100 valence electrons. The quantitative estimate of drug-likeness (QED) is 0.769. The monoisotopic (exact) mass is 268 g/mol. The van der Waals surface area contributed by atoms with Gasteiger partial charge in [0.1, 0.15) is 0 Å². The average molecular weight is 268 g/mol. The molecule has 3 aromatic heterocycles. The molecule has 0 aliphatic heterocycles. The second kappa shape index (κ2) is 4.41. The van der Waals surface area contributed by atoms with Gasteiger partial charge in [0, 0.05) is 11.8 Å². The molecule has 0 fully saturated rings. The fraction of sp³-hybridized carbons (Fsp3) is 0.143. The number of carboxylic acids is 1. The van der Waals surface area contributed by atoms with Crippen LogP contribution < -0.4 is 0 Å². The van der Waals surface area contributed by atoms with Crippen molar-refractivity contribution >= 4 is 11.6 Å². The van der Waals surface area contributed by atoms with E-state index in [1.54, 1.807) is 18.3 Å². The first kappa shape index (κ1) is 12.3. The third kappa shape index (κ3) is 1.82. The van der Waals surface area contributed by atoms with Crippen LogP contribution in [0.2, 0.25) is 0 Å². The minimum atomic E-state index is -1.04. The SMILES string of the molecule is Cc1nn2c(C(=O)O)cc(-c3ccccn3)nc2c1C. The minimum Gasteiger partial charge on any atom is -0.477 e. The van der Waals surface area contributed by atoms with Gasteiger partial charge in [-0.15, -0.1) is 0 Å². The molecule has 3 heterocycles. The summed E-state index contributed by atoms with van der Waals surface area (Å²) in [5.41, 5.74) is 3.41. The summed E-state index contributed by atoms with van der Waals surface area (Å²) >= 11 is 0. The number of aryl methyl sites for hydroxylation is 2. The zero-order chi connectivity index (χ0) is 14.3. The van der Waals surface area contributed by atoms with Gasteiger partial charge in [-0.3, -0.25) is 4.98 Å². The molecule has 0 spiro atoms. The van der Waals surface area contributed by atoms with Crippen LogP contribution in [0.3, 0.4) is 0 Å². The van der Waals surface area contributed by atoms with Gasteiger partial charge in [-0.2, -0.15) is 5.10 Å². The predicted octanol–water partition coefficient (Wildman–Crippen LogP) is 2.11. The number of aromatic carboxylic acids is 1. The van der Waals surface area contributed by atoms with Crippen LogP contribution in [0.4, 0.5) is 0 Å². The first-order chi connectivity index (χ1) is 9.58. The molecule has 0 aliphatic carbocycles. The highest BCUT2D eigenvalue weighted by atomic mass is 16.4. The van der Waals surface area contributed by atoms with Crippen LogP contribution in [0.25, 0.3) is 17.0 Å². The summed E-state index contributed by atoms with van der Waals surface area (Å²) in [6.45, 7) is 3.70. The van der Waals surface area contributed by atoms with E-state index in [1.165, 1.54) is 10.6 Å². The lowest BCUT2D eigenvalue weighted by atomic mass is 10.2. The molecule has 0 saturated carbocycles. The standard InChI is InChI=1S/C14H12N4O2/c1-8-9(2)17-18-12(14(19)20)7-11(16-13(8)18)10-5-3-4-6-15-10/h3-7H,1-2H3,(H,19,20). The summed E-state index contributed by atoms with van der Waals surface area (Å²) in [5, 5.41) is 13.6. The first-order valence-electron chi connectivity index (χ1n) is 6.09. The molecule has 0 amide bonds. The van der Waals surface area contributed by atoms with Crippen LogP contribution >= 0.6 is 0 Å². The molecule has 0 aliphatic rings. The average Bonchev–Trinajstić information content (AvgIpc) is 2.74. The smallest absolute Gasteiger partial charge is 0.354 e. The van der Waals surface area contributed by atoms with Gasteiger partial charge in [0.25, 0.3) is 0 Å². The van der Waals surface area contributed by atoms with Gasteiger partial charge in [-0.05, 0) is 32.0 Å². The topological polar surface area (TPSA) is 80.4 Å². The number of fused-ring (bicyclic) bond motifs is 1. The summed E-state index contributed by atoms with van der Waals surface area (Å²) in [4.78, 5) is 20.1. The fourth-order valence-electron chi connectivity index (χ4n) is 2.03. The lowest BCUT2D eigenvalue weighted by Crippen LogP contribution is -2.08. The Balaban J connectivity index is 2.36. The number of carboxylic acid groups (broad SMARTS) is 1. The van der Waals surface area contributed by atoms with Gasteiger partial charge in [0.2, 0.25) is 0 Å². The molecule has 3 aromatic rings. The number of hydrogen-bond acceptors (Lipinski definition) is 4. The summed E-state index contributed by atoms with van der Waals surface area (Å²) in [6.07, 6.45) is 1.65. The van der Waals surface area contributed by atoms with E-state index >= 15 is 0 Å². The molecular weight excluding hydrogens is 256 g/mol. The van der Waals surface area contributed by atoms with E-state index in [9.17, 15) is 9.90 Å². The van der Waals surface area contributed by atoms with Crippen molar-refractivity contribution in [3.63, 3.8) is 0 Å². The highest BCUT2D eigenvalue weighted by Gasteiger charge is 2.17. The Labute approximate surface area is 114 Å². The Hall–Kier alpha value is -2.76. The number of rotatable bonds is 2. The summed E-state index contributed by atoms with van der Waals surface area (Å²) in [7, 11) is 0. The van der Waals surface area contributed by atoms with Gasteiger partial charge >= 0.3 is 5.97 Å². The normalized spacial score (nSPS) is 10.9. The van der Waals surface area contributed by atoms with E-state index in [4.69, 9.17) is 0 Å². The largest absolute Gasteiger partial charge is 0.477 e. The molecule has 20 heavy (non-hydrogen) atoms. The van der Waals surface area contributed by atoms with Crippen molar-refractivity contribution in [1.82, 2.24) is 19.6 Å². The van der Waals surface area contributed by atoms with Crippen molar-refractivity contribution in [3.05, 3.63) is 47.4 Å². The number of carbonyl (C=O) groups is 1. The molecule has 6 nitrogen and oxygen atoms in total. The van der Waals surface area contributed by atoms with Crippen molar-refractivity contribution in [2.75, 3.05) is 0 Å². The second-order valence-electron chi connectivity index (χ2n) is 4.49. The van der Waals surface area contributed by atoms with Crippen LogP contribution in [0.15, 0.2) is 30.5 Å². The Morgan fingerprint density at radius 1 is 1.25 bits per heavy atom. The number of hydrogen-bond donors (Lipinski definition) is 1. The molecule has 1 N–H and O–H groups in total. The van der Waals surface area contributed by atoms with E-state index in [0.29, 0.717) is 17.0 Å². The zero-order valence-corrected chi connectivity index (χ0v) is 11.0. The maximum absolute atomic E-state index is 11.4. The van der Waals surface area contributed by atoms with Crippen molar-refractivity contribution in [3.8, 4) is 11.4 Å². The third-order valence-corrected chi connectivity index (χ3v) is 3.20. The first-order valence-corrected chi connectivity index (χ1v) is 6.09. The number of pyridine rings is 1. The third-order valence-electron chi connectivity index (χ3n) is 3.20. The Kier molecular flexibility index (Phi) is 2.71. The predicted molar refractivity (Wildman–Crippen MR) is 72.7 cm³/mol. The van der Waals surface area contributed by atoms with Crippen molar-refractivity contribution in [1.29, 1.82) is 0 Å². The van der Waals surface area contributed by atoms with Crippen LogP contribution in [0.5, 0.6) is 0 Å². The second-order valence-corrected chi connectivity index (χ2v) is 4.49. The van der Waals surface area contributed by atoms with Gasteiger partial charge in [-0.1, -0.05) is 6.07 Å². The molecule has 0 saturated heterocycles. The van der Waals surface area contributed by atoms with Gasteiger partial charge in [-0.25, -0.2) is 14.3 Å². The van der Waals surface area contributed by atoms with Gasteiger partial charge < -0.3 is 5.11 Å². The minimum absolute atomic E-state index is 0.0758. The molecule has 0 radical (unpaired) electrons. The summed E-state index contributed by atoms with van der Waals surface area (Å²) in [5.74, 6) is -1.04. The zero-order valence-electron chi connectivity index (χ0n) is 11.0. The highest BCUT2D eigenvalue weighted by molar-refractivity contribution is 5.88. The molecule has 0 atom stereocenters. The van der Waals surface area contributed by atoms with Crippen LogP contribution in [0, 0.1) is 13.8 Å². The van der Waals surface area contributed by atoms with Crippen LogP contribution in [-0.4, -0.2) is 30.7 Å². The molecule has 0 aromatic carbocycles. The highest BCUT2D eigenvalue weighted by Crippen LogP contribution is 2.20. The van der Waals surface area contributed by atoms with E-state index in [2.05, 4.69) is 15.1 Å². The van der Waals surface area contributed by atoms with Gasteiger partial charge in [0.15, 0.2) is 11.3 Å². The van der Waals surface area contributed by atoms with E-state index < -0.39 is 5.97 Å². The molecule has 6 heteroatoms.